The number of hydrogen-bond acceptors (Lipinski definition) is 12. The lowest BCUT2D eigenvalue weighted by Gasteiger charge is -2.71. The van der Waals surface area contributed by atoms with Crippen molar-refractivity contribution in [3.05, 3.63) is 11.6 Å². The largest absolute Gasteiger partial charge is 0.481 e. The van der Waals surface area contributed by atoms with Gasteiger partial charge in [0.25, 0.3) is 0 Å². The van der Waals surface area contributed by atoms with Gasteiger partial charge in [0.1, 0.15) is 42.0 Å². The summed E-state index contributed by atoms with van der Waals surface area (Å²) in [5.41, 5.74) is -1.62. The van der Waals surface area contributed by atoms with Gasteiger partial charge in [-0.25, -0.2) is 0 Å². The molecule has 7 rings (SSSR count). The van der Waals surface area contributed by atoms with Crippen LogP contribution in [0.4, 0.5) is 0 Å². The highest BCUT2D eigenvalue weighted by Crippen LogP contribution is 2.76. The van der Waals surface area contributed by atoms with Crippen LogP contribution >= 0.6 is 0 Å². The van der Waals surface area contributed by atoms with E-state index in [0.29, 0.717) is 19.3 Å². The van der Waals surface area contributed by atoms with Gasteiger partial charge in [-0.1, -0.05) is 53.2 Å². The molecule has 4 saturated carbocycles. The molecule has 7 aliphatic rings. The van der Waals surface area contributed by atoms with Gasteiger partial charge < -0.3 is 59.8 Å². The van der Waals surface area contributed by atoms with E-state index in [1.54, 1.807) is 0 Å². The number of carbonyl (C=O) groups is 1. The van der Waals surface area contributed by atoms with Gasteiger partial charge in [0, 0.05) is 5.41 Å². The molecule has 2 heterocycles. The molecular formula is C41H66O13. The number of aliphatic carboxylic acids is 1. The lowest BCUT2D eigenvalue weighted by Crippen LogP contribution is -2.68. The Bertz CT molecular complexity index is 1470. The molecule has 6 fully saturated rings. The second-order valence-electron chi connectivity index (χ2n) is 20.1. The zero-order valence-electron chi connectivity index (χ0n) is 33.1. The number of fused-ring (bicyclic) bond motifs is 7. The van der Waals surface area contributed by atoms with Gasteiger partial charge in [-0.15, -0.1) is 0 Å². The highest BCUT2D eigenvalue weighted by Gasteiger charge is 2.72. The molecule has 0 aromatic heterocycles. The first-order chi connectivity index (χ1) is 25.1. The first-order valence-corrected chi connectivity index (χ1v) is 20.3. The molecule has 2 saturated heterocycles. The monoisotopic (exact) mass is 766 g/mol. The van der Waals surface area contributed by atoms with Crippen LogP contribution in [0.2, 0.25) is 0 Å². The summed E-state index contributed by atoms with van der Waals surface area (Å²) in [6.45, 7) is 14.6. The molecule has 13 heteroatoms. The molecule has 0 radical (unpaired) electrons. The van der Waals surface area contributed by atoms with Crippen molar-refractivity contribution in [3.8, 4) is 0 Å². The van der Waals surface area contributed by atoms with Crippen molar-refractivity contribution in [2.24, 2.45) is 50.2 Å². The maximum Gasteiger partial charge on any atom is 0.312 e. The summed E-state index contributed by atoms with van der Waals surface area (Å²) in [5.74, 6) is -0.912. The maximum atomic E-state index is 13.1. The lowest BCUT2D eigenvalue weighted by atomic mass is 9.33. The fraction of sp³-hybridized carbons (Fsp3) is 0.927. The smallest absolute Gasteiger partial charge is 0.312 e. The van der Waals surface area contributed by atoms with E-state index in [0.717, 1.165) is 38.5 Å². The van der Waals surface area contributed by atoms with E-state index in [1.807, 2.05) is 6.92 Å². The van der Waals surface area contributed by atoms with E-state index in [2.05, 4.69) is 40.7 Å². The van der Waals surface area contributed by atoms with Gasteiger partial charge in [0.2, 0.25) is 0 Å². The van der Waals surface area contributed by atoms with Crippen LogP contribution in [-0.4, -0.2) is 128 Å². The van der Waals surface area contributed by atoms with Crippen molar-refractivity contribution in [1.29, 1.82) is 0 Å². The summed E-state index contributed by atoms with van der Waals surface area (Å²) in [6.07, 6.45) is -5.25. The average molecular weight is 767 g/mol. The Morgan fingerprint density at radius 2 is 1.54 bits per heavy atom. The van der Waals surface area contributed by atoms with Crippen LogP contribution < -0.4 is 0 Å². The fourth-order valence-electron chi connectivity index (χ4n) is 13.4. The highest BCUT2D eigenvalue weighted by atomic mass is 16.8. The Balaban J connectivity index is 1.16. The Kier molecular flexibility index (Phi) is 10.4. The quantitative estimate of drug-likeness (QED) is 0.144. The fourth-order valence-corrected chi connectivity index (χ4v) is 13.4. The van der Waals surface area contributed by atoms with Gasteiger partial charge in [0.05, 0.1) is 31.5 Å². The van der Waals surface area contributed by atoms with E-state index in [9.17, 15) is 45.6 Å². The predicted molar refractivity (Wildman–Crippen MR) is 193 cm³/mol. The zero-order valence-corrected chi connectivity index (χ0v) is 33.1. The second-order valence-corrected chi connectivity index (χ2v) is 20.1. The van der Waals surface area contributed by atoms with Crippen LogP contribution in [0.5, 0.6) is 0 Å². The molecule has 5 aliphatic carbocycles. The molecule has 0 aromatic rings. The number of carboxylic acid groups (broad SMARTS) is 1. The molecule has 0 aromatic carbocycles. The third-order valence-electron chi connectivity index (χ3n) is 17.0. The topological polar surface area (TPSA) is 216 Å². The lowest BCUT2D eigenvalue weighted by molar-refractivity contribution is -0.365. The van der Waals surface area contributed by atoms with Crippen molar-refractivity contribution in [2.75, 3.05) is 13.2 Å². The molecule has 2 aliphatic heterocycles. The van der Waals surface area contributed by atoms with Crippen LogP contribution in [0.15, 0.2) is 11.6 Å². The molecule has 308 valence electrons. The van der Waals surface area contributed by atoms with Crippen LogP contribution in [0.1, 0.15) is 106 Å². The normalized spacial score (nSPS) is 55.7. The number of aliphatic hydroxyl groups excluding tert-OH is 7. The molecule has 0 bridgehead atoms. The number of ether oxygens (including phenoxy) is 4. The summed E-state index contributed by atoms with van der Waals surface area (Å²) in [4.78, 5) is 13.1. The van der Waals surface area contributed by atoms with Crippen molar-refractivity contribution in [1.82, 2.24) is 0 Å². The van der Waals surface area contributed by atoms with Gasteiger partial charge in [0.15, 0.2) is 12.6 Å². The molecule has 13 nitrogen and oxygen atoms in total. The van der Waals surface area contributed by atoms with Crippen LogP contribution in [-0.2, 0) is 23.7 Å². The van der Waals surface area contributed by atoms with Crippen molar-refractivity contribution >= 4 is 5.97 Å². The summed E-state index contributed by atoms with van der Waals surface area (Å²) in [7, 11) is 0. The minimum Gasteiger partial charge on any atom is -0.481 e. The highest BCUT2D eigenvalue weighted by molar-refractivity contribution is 5.77. The molecule has 54 heavy (non-hydrogen) atoms. The minimum atomic E-state index is -1.64. The van der Waals surface area contributed by atoms with E-state index < -0.39 is 89.7 Å². The zero-order chi connectivity index (χ0) is 39.6. The third-order valence-corrected chi connectivity index (χ3v) is 17.0. The van der Waals surface area contributed by atoms with Crippen molar-refractivity contribution < 1.29 is 64.6 Å². The Morgan fingerprint density at radius 1 is 0.833 bits per heavy atom. The van der Waals surface area contributed by atoms with Crippen molar-refractivity contribution in [2.45, 2.75) is 174 Å². The first kappa shape index (κ1) is 40.9. The number of rotatable bonds is 6. The Hall–Kier alpha value is -1.23. The number of allylic oxidation sites excluding steroid dienone is 2. The second kappa shape index (κ2) is 13.7. The van der Waals surface area contributed by atoms with Gasteiger partial charge in [-0.3, -0.25) is 4.79 Å². The summed E-state index contributed by atoms with van der Waals surface area (Å²) in [6, 6.07) is 0. The average Bonchev–Trinajstić information content (AvgIpc) is 3.10. The Labute approximate surface area is 319 Å². The maximum absolute atomic E-state index is 13.1. The van der Waals surface area contributed by atoms with E-state index in [1.165, 1.54) is 12.5 Å². The van der Waals surface area contributed by atoms with Crippen molar-refractivity contribution in [3.63, 3.8) is 0 Å². The minimum absolute atomic E-state index is 0.0186. The van der Waals surface area contributed by atoms with Gasteiger partial charge in [-0.2, -0.15) is 0 Å². The summed E-state index contributed by atoms with van der Waals surface area (Å²) in [5, 5.41) is 86.9. The SMILES string of the molecule is C[C@@H]1O[C@H](O[C@@H]2[C@@H](O[C@@H]3CC[C@@]4(C)[C@H](CC[C@]5(C)[C@@H]4CC=C4[C@H]6CC(C)(C)CC[C@@]6(C(=O)O)[C@H](O)C[C@@]45C)[C@@]3(C)CO)OC[C@H](O)[C@H]2O)[C@@H](O)[C@H](O)[C@H]1O. The molecular weight excluding hydrogens is 700 g/mol. The number of aliphatic hydroxyl groups is 7. The number of hydrogen-bond donors (Lipinski definition) is 8. The third kappa shape index (κ3) is 5.76. The summed E-state index contributed by atoms with van der Waals surface area (Å²) < 4.78 is 24.3. The van der Waals surface area contributed by atoms with Crippen LogP contribution in [0.3, 0.4) is 0 Å². The molecule has 0 spiro atoms. The first-order valence-electron chi connectivity index (χ1n) is 20.3. The Morgan fingerprint density at radius 3 is 2.20 bits per heavy atom. The molecule has 8 N–H and O–H groups in total. The van der Waals surface area contributed by atoms with E-state index in [4.69, 9.17) is 18.9 Å². The molecule has 19 atom stereocenters. The van der Waals surface area contributed by atoms with Crippen LogP contribution in [0, 0.1) is 50.2 Å². The molecule has 0 amide bonds. The van der Waals surface area contributed by atoms with Gasteiger partial charge in [-0.05, 0) is 104 Å². The van der Waals surface area contributed by atoms with Gasteiger partial charge >= 0.3 is 5.97 Å². The predicted octanol–water partition coefficient (Wildman–Crippen LogP) is 2.49. The van der Waals surface area contributed by atoms with E-state index in [-0.39, 0.29) is 47.2 Å². The number of carboxylic acids is 1. The van der Waals surface area contributed by atoms with E-state index >= 15 is 0 Å². The standard InChI is InChI=1S/C41H66O13/c1-20-28(45)30(47)31(48)33(52-20)54-32-29(46)23(43)18-51-34(32)53-27-11-12-37(4)24(38(27,5)19-42)10-13-39(6)25(37)9-8-21-22-16-36(2,3)14-15-41(22,35(49)50)26(44)17-40(21,39)7/h8,20,22-34,42-48H,9-19H2,1-7H3,(H,49,50)/t20-,22+,23-,24-,25+,26+,27+,28-,29+,30+,31-,32-,33+,34+,37-,38+,39+,40-,41-/m0/s1. The molecule has 0 unspecified atom stereocenters. The summed E-state index contributed by atoms with van der Waals surface area (Å²) >= 11 is 0. The van der Waals surface area contributed by atoms with Crippen LogP contribution in [0.25, 0.3) is 0 Å².